The van der Waals surface area contributed by atoms with Crippen molar-refractivity contribution < 1.29 is 0 Å². The molecule has 0 aliphatic carbocycles. The van der Waals surface area contributed by atoms with E-state index in [1.165, 1.54) is 18.4 Å². The van der Waals surface area contributed by atoms with Crippen LogP contribution in [0.1, 0.15) is 18.4 Å². The highest BCUT2D eigenvalue weighted by Crippen LogP contribution is 2.19. The van der Waals surface area contributed by atoms with E-state index < -0.39 is 0 Å². The quantitative estimate of drug-likeness (QED) is 0.937. The van der Waals surface area contributed by atoms with Gasteiger partial charge in [0.1, 0.15) is 18.0 Å². The summed E-state index contributed by atoms with van der Waals surface area (Å²) in [6.45, 7) is 2.91. The van der Waals surface area contributed by atoms with Crippen LogP contribution in [0.4, 0.5) is 11.6 Å². The predicted octanol–water partition coefficient (Wildman–Crippen LogP) is 3.34. The summed E-state index contributed by atoms with van der Waals surface area (Å²) < 4.78 is 0. The molecule has 4 nitrogen and oxygen atoms in total. The summed E-state index contributed by atoms with van der Waals surface area (Å²) in [5.74, 6) is 1.87. The summed E-state index contributed by atoms with van der Waals surface area (Å²) in [6.07, 6.45) is 4.12. The van der Waals surface area contributed by atoms with Crippen LogP contribution in [-0.4, -0.2) is 23.1 Å². The average molecular weight is 289 g/mol. The van der Waals surface area contributed by atoms with Gasteiger partial charge in [0.2, 0.25) is 0 Å². The fraction of sp³-hybridized carbons (Fsp3) is 0.333. The maximum Gasteiger partial charge on any atom is 0.134 e. The van der Waals surface area contributed by atoms with E-state index >= 15 is 0 Å². The number of halogens is 1. The maximum absolute atomic E-state index is 5.88. The third-order valence-corrected chi connectivity index (χ3v) is 3.72. The lowest BCUT2D eigenvalue weighted by molar-refractivity contribution is 0.925. The van der Waals surface area contributed by atoms with Gasteiger partial charge in [0, 0.05) is 30.7 Å². The molecule has 2 heterocycles. The third kappa shape index (κ3) is 3.20. The van der Waals surface area contributed by atoms with Crippen LogP contribution in [0.3, 0.4) is 0 Å². The third-order valence-electron chi connectivity index (χ3n) is 3.47. The second kappa shape index (κ2) is 6.09. The summed E-state index contributed by atoms with van der Waals surface area (Å²) in [7, 11) is 0. The van der Waals surface area contributed by atoms with Crippen molar-refractivity contribution in [1.29, 1.82) is 0 Å². The highest BCUT2D eigenvalue weighted by atomic mass is 35.5. The molecular weight excluding hydrogens is 272 g/mol. The summed E-state index contributed by atoms with van der Waals surface area (Å²) >= 11 is 5.88. The zero-order valence-electron chi connectivity index (χ0n) is 11.2. The number of nitrogens with one attached hydrogen (secondary N) is 1. The lowest BCUT2D eigenvalue weighted by Crippen LogP contribution is -2.19. The minimum absolute atomic E-state index is 0.730. The van der Waals surface area contributed by atoms with E-state index in [-0.39, 0.29) is 0 Å². The Kier molecular flexibility index (Phi) is 4.02. The molecule has 0 unspecified atom stereocenters. The molecule has 5 heteroatoms. The predicted molar refractivity (Wildman–Crippen MR) is 82.3 cm³/mol. The van der Waals surface area contributed by atoms with Gasteiger partial charge in [0.05, 0.1) is 0 Å². The lowest BCUT2D eigenvalue weighted by atomic mass is 10.2. The van der Waals surface area contributed by atoms with Gasteiger partial charge < -0.3 is 10.2 Å². The molecule has 1 aliphatic heterocycles. The monoisotopic (exact) mass is 288 g/mol. The Bertz CT molecular complexity index is 564. The van der Waals surface area contributed by atoms with E-state index in [1.807, 2.05) is 30.3 Å². The molecule has 3 rings (SSSR count). The summed E-state index contributed by atoms with van der Waals surface area (Å²) in [6, 6.07) is 9.83. The molecule has 0 atom stereocenters. The largest absolute Gasteiger partial charge is 0.366 e. The average Bonchev–Trinajstić information content (AvgIpc) is 3.01. The van der Waals surface area contributed by atoms with Crippen molar-refractivity contribution in [3.8, 4) is 0 Å². The van der Waals surface area contributed by atoms with E-state index in [0.717, 1.165) is 36.3 Å². The van der Waals surface area contributed by atoms with Crippen molar-refractivity contribution in [2.75, 3.05) is 23.3 Å². The van der Waals surface area contributed by atoms with Gasteiger partial charge in [-0.15, -0.1) is 0 Å². The van der Waals surface area contributed by atoms with E-state index in [2.05, 4.69) is 20.2 Å². The Morgan fingerprint density at radius 2 is 1.85 bits per heavy atom. The van der Waals surface area contributed by atoms with Gasteiger partial charge in [0.25, 0.3) is 0 Å². The lowest BCUT2D eigenvalue weighted by Gasteiger charge is -2.16. The van der Waals surface area contributed by atoms with E-state index in [9.17, 15) is 0 Å². The highest BCUT2D eigenvalue weighted by Gasteiger charge is 2.13. The smallest absolute Gasteiger partial charge is 0.134 e. The molecule has 0 bridgehead atoms. The standard InChI is InChI=1S/C15H17ClN4/c16-13-5-3-12(4-6-13)10-17-14-9-15(19-11-18-14)20-7-1-2-8-20/h3-6,9,11H,1-2,7-8,10H2,(H,17,18,19). The molecule has 20 heavy (non-hydrogen) atoms. The number of aromatic nitrogens is 2. The van der Waals surface area contributed by atoms with E-state index in [1.54, 1.807) is 6.33 Å². The topological polar surface area (TPSA) is 41.0 Å². The van der Waals surface area contributed by atoms with Crippen LogP contribution in [0.25, 0.3) is 0 Å². The van der Waals surface area contributed by atoms with Crippen molar-refractivity contribution >= 4 is 23.2 Å². The van der Waals surface area contributed by atoms with Gasteiger partial charge in [-0.25, -0.2) is 9.97 Å². The van der Waals surface area contributed by atoms with Gasteiger partial charge in [-0.1, -0.05) is 23.7 Å². The number of nitrogens with zero attached hydrogens (tertiary/aromatic N) is 3. The first-order valence-corrected chi connectivity index (χ1v) is 7.24. The van der Waals surface area contributed by atoms with Crippen LogP contribution >= 0.6 is 11.6 Å². The van der Waals surface area contributed by atoms with Crippen LogP contribution in [-0.2, 0) is 6.54 Å². The van der Waals surface area contributed by atoms with E-state index in [4.69, 9.17) is 11.6 Å². The first kappa shape index (κ1) is 13.2. The molecule has 104 valence electrons. The Balaban J connectivity index is 1.65. The van der Waals surface area contributed by atoms with Crippen LogP contribution in [0.15, 0.2) is 36.7 Å². The number of benzene rings is 1. The normalized spacial score (nSPS) is 14.6. The molecule has 1 fully saturated rings. The Morgan fingerprint density at radius 1 is 1.10 bits per heavy atom. The fourth-order valence-corrected chi connectivity index (χ4v) is 2.48. The van der Waals surface area contributed by atoms with Gasteiger partial charge in [-0.05, 0) is 30.5 Å². The first-order chi connectivity index (χ1) is 9.81. The van der Waals surface area contributed by atoms with Gasteiger partial charge in [0.15, 0.2) is 0 Å². The molecular formula is C15H17ClN4. The molecule has 2 aromatic rings. The second-order valence-electron chi connectivity index (χ2n) is 4.94. The fourth-order valence-electron chi connectivity index (χ4n) is 2.36. The molecule has 1 aromatic carbocycles. The van der Waals surface area contributed by atoms with Gasteiger partial charge >= 0.3 is 0 Å². The molecule has 1 N–H and O–H groups in total. The molecule has 0 spiro atoms. The Morgan fingerprint density at radius 3 is 2.60 bits per heavy atom. The highest BCUT2D eigenvalue weighted by molar-refractivity contribution is 6.30. The first-order valence-electron chi connectivity index (χ1n) is 6.86. The number of anilines is 2. The molecule has 0 amide bonds. The minimum atomic E-state index is 0.730. The molecule has 0 saturated carbocycles. The molecule has 0 radical (unpaired) electrons. The van der Waals surface area contributed by atoms with Crippen molar-refractivity contribution in [3.05, 3.63) is 47.2 Å². The van der Waals surface area contributed by atoms with Crippen LogP contribution in [0, 0.1) is 0 Å². The van der Waals surface area contributed by atoms with Gasteiger partial charge in [-0.3, -0.25) is 0 Å². The summed E-state index contributed by atoms with van der Waals surface area (Å²) in [5, 5.41) is 4.08. The Labute approximate surface area is 123 Å². The van der Waals surface area contributed by atoms with Crippen molar-refractivity contribution in [2.24, 2.45) is 0 Å². The zero-order chi connectivity index (χ0) is 13.8. The van der Waals surface area contributed by atoms with Crippen molar-refractivity contribution in [3.63, 3.8) is 0 Å². The van der Waals surface area contributed by atoms with Crippen molar-refractivity contribution in [2.45, 2.75) is 19.4 Å². The van der Waals surface area contributed by atoms with Crippen molar-refractivity contribution in [1.82, 2.24) is 9.97 Å². The van der Waals surface area contributed by atoms with Crippen LogP contribution in [0.2, 0.25) is 5.02 Å². The second-order valence-corrected chi connectivity index (χ2v) is 5.37. The minimum Gasteiger partial charge on any atom is -0.366 e. The molecule has 1 aliphatic rings. The number of hydrogen-bond donors (Lipinski definition) is 1. The van der Waals surface area contributed by atoms with Crippen LogP contribution in [0.5, 0.6) is 0 Å². The maximum atomic E-state index is 5.88. The Hall–Kier alpha value is -1.81. The number of rotatable bonds is 4. The van der Waals surface area contributed by atoms with E-state index in [0.29, 0.717) is 0 Å². The SMILES string of the molecule is Clc1ccc(CNc2cc(N3CCCC3)ncn2)cc1. The van der Waals surface area contributed by atoms with Crippen LogP contribution < -0.4 is 10.2 Å². The molecule has 1 saturated heterocycles. The zero-order valence-corrected chi connectivity index (χ0v) is 12.0. The van der Waals surface area contributed by atoms with Gasteiger partial charge in [-0.2, -0.15) is 0 Å². The summed E-state index contributed by atoms with van der Waals surface area (Å²) in [4.78, 5) is 10.9. The molecule has 1 aromatic heterocycles. The summed E-state index contributed by atoms with van der Waals surface area (Å²) in [5.41, 5.74) is 1.18. The number of hydrogen-bond acceptors (Lipinski definition) is 4.